The number of nitrogens with one attached hydrogen (secondary N) is 1. The first-order valence-corrected chi connectivity index (χ1v) is 7.96. The number of benzene rings is 2. The zero-order valence-corrected chi connectivity index (χ0v) is 12.9. The first-order valence-electron chi connectivity index (χ1n) is 5.69. The molecule has 0 radical (unpaired) electrons. The number of rotatable bonds is 3. The molecule has 104 valence electrons. The summed E-state index contributed by atoms with van der Waals surface area (Å²) in [7, 11) is -3.75. The van der Waals surface area contributed by atoms with Gasteiger partial charge in [0.05, 0.1) is 33.8 Å². The van der Waals surface area contributed by atoms with E-state index in [9.17, 15) is 8.42 Å². The molecule has 0 saturated heterocycles. The Kier molecular flexibility index (Phi) is 4.27. The van der Waals surface area contributed by atoms with E-state index in [4.69, 9.17) is 10.5 Å². The average molecular weight is 362 g/mol. The summed E-state index contributed by atoms with van der Waals surface area (Å²) in [6.45, 7) is 0. The van der Waals surface area contributed by atoms with Crippen molar-refractivity contribution in [3.8, 4) is 12.1 Å². The highest BCUT2D eigenvalue weighted by atomic mass is 79.9. The zero-order chi connectivity index (χ0) is 15.5. The van der Waals surface area contributed by atoms with E-state index in [1.807, 2.05) is 12.1 Å². The lowest BCUT2D eigenvalue weighted by Crippen LogP contribution is -2.13. The summed E-state index contributed by atoms with van der Waals surface area (Å²) in [6.07, 6.45) is 0. The fraction of sp³-hybridized carbons (Fsp3) is 0. The normalized spacial score (nSPS) is 10.4. The van der Waals surface area contributed by atoms with Crippen molar-refractivity contribution in [3.05, 3.63) is 58.1 Å². The molecule has 0 unspecified atom stereocenters. The Morgan fingerprint density at radius 2 is 1.52 bits per heavy atom. The second-order valence-corrected chi connectivity index (χ2v) is 6.58. The van der Waals surface area contributed by atoms with Crippen LogP contribution in [0.5, 0.6) is 0 Å². The number of sulfonamides is 1. The summed E-state index contributed by atoms with van der Waals surface area (Å²) in [5.74, 6) is 0. The molecule has 2 rings (SSSR count). The van der Waals surface area contributed by atoms with E-state index in [1.165, 1.54) is 42.5 Å². The predicted molar refractivity (Wildman–Crippen MR) is 80.8 cm³/mol. The summed E-state index contributed by atoms with van der Waals surface area (Å²) in [4.78, 5) is 0.0535. The molecule has 1 N–H and O–H groups in total. The number of anilines is 1. The molecular weight excluding hydrogens is 354 g/mol. The molecule has 0 aliphatic rings. The van der Waals surface area contributed by atoms with E-state index in [0.29, 0.717) is 21.3 Å². The molecule has 0 amide bonds. The molecule has 0 aliphatic carbocycles. The molecule has 0 saturated carbocycles. The number of hydrogen-bond acceptors (Lipinski definition) is 4. The molecule has 0 atom stereocenters. The Bertz CT molecular complexity index is 863. The number of nitrogens with zero attached hydrogens (tertiary/aromatic N) is 2. The maximum Gasteiger partial charge on any atom is 0.261 e. The van der Waals surface area contributed by atoms with Crippen LogP contribution in [0.15, 0.2) is 51.8 Å². The smallest absolute Gasteiger partial charge is 0.261 e. The first kappa shape index (κ1) is 15.0. The van der Waals surface area contributed by atoms with Gasteiger partial charge < -0.3 is 0 Å². The third-order valence-corrected chi connectivity index (χ3v) is 4.67. The molecule has 0 aromatic heterocycles. The molecule has 0 bridgehead atoms. The van der Waals surface area contributed by atoms with Crippen molar-refractivity contribution in [2.45, 2.75) is 4.90 Å². The SMILES string of the molecule is N#Cc1ccc(S(=O)(=O)Nc2ccc(C#N)cc2Br)cc1. The lowest BCUT2D eigenvalue weighted by Gasteiger charge is -2.10. The standard InChI is InChI=1S/C14H8BrN3O2S/c15-13-7-11(9-17)3-6-14(13)18-21(19,20)12-4-1-10(8-16)2-5-12/h1-7,18H. The fourth-order valence-corrected chi connectivity index (χ4v) is 3.27. The number of halogens is 1. The lowest BCUT2D eigenvalue weighted by atomic mass is 10.2. The number of hydrogen-bond donors (Lipinski definition) is 1. The van der Waals surface area contributed by atoms with Crippen molar-refractivity contribution in [1.29, 1.82) is 10.5 Å². The van der Waals surface area contributed by atoms with Crippen molar-refractivity contribution in [3.63, 3.8) is 0 Å². The zero-order valence-electron chi connectivity index (χ0n) is 10.5. The van der Waals surface area contributed by atoms with Gasteiger partial charge in [-0.1, -0.05) is 0 Å². The van der Waals surface area contributed by atoms with Gasteiger partial charge in [0.2, 0.25) is 0 Å². The molecular formula is C14H8BrN3O2S. The molecule has 0 spiro atoms. The van der Waals surface area contributed by atoms with Gasteiger partial charge in [-0.25, -0.2) is 8.42 Å². The van der Waals surface area contributed by atoms with Crippen molar-refractivity contribution in [2.75, 3.05) is 4.72 Å². The maximum absolute atomic E-state index is 12.2. The highest BCUT2D eigenvalue weighted by molar-refractivity contribution is 9.10. The summed E-state index contributed by atoms with van der Waals surface area (Å²) < 4.78 is 27.4. The van der Waals surface area contributed by atoms with Gasteiger partial charge in [0.25, 0.3) is 10.0 Å². The Morgan fingerprint density at radius 3 is 2.05 bits per heavy atom. The minimum absolute atomic E-state index is 0.0535. The summed E-state index contributed by atoms with van der Waals surface area (Å²) >= 11 is 3.21. The van der Waals surface area contributed by atoms with Gasteiger partial charge in [-0.15, -0.1) is 0 Å². The molecule has 7 heteroatoms. The van der Waals surface area contributed by atoms with E-state index >= 15 is 0 Å². The third-order valence-electron chi connectivity index (χ3n) is 2.64. The summed E-state index contributed by atoms with van der Waals surface area (Å²) in [5, 5.41) is 17.5. The summed E-state index contributed by atoms with van der Waals surface area (Å²) in [5.41, 5.74) is 1.13. The molecule has 0 heterocycles. The van der Waals surface area contributed by atoms with Gasteiger partial charge in [0.15, 0.2) is 0 Å². The van der Waals surface area contributed by atoms with Crippen molar-refractivity contribution >= 4 is 31.6 Å². The van der Waals surface area contributed by atoms with Crippen molar-refractivity contribution < 1.29 is 8.42 Å². The monoisotopic (exact) mass is 361 g/mol. The van der Waals surface area contributed by atoms with E-state index < -0.39 is 10.0 Å². The molecule has 2 aromatic rings. The van der Waals surface area contributed by atoms with Crippen LogP contribution in [0.1, 0.15) is 11.1 Å². The van der Waals surface area contributed by atoms with E-state index in [0.717, 1.165) is 0 Å². The Hall–Kier alpha value is -2.35. The van der Waals surface area contributed by atoms with Crippen LogP contribution >= 0.6 is 15.9 Å². The minimum atomic E-state index is -3.75. The van der Waals surface area contributed by atoms with Crippen LogP contribution in [0.25, 0.3) is 0 Å². The van der Waals surface area contributed by atoms with Crippen LogP contribution in [0, 0.1) is 22.7 Å². The number of nitriles is 2. The van der Waals surface area contributed by atoms with Gasteiger partial charge in [0.1, 0.15) is 0 Å². The highest BCUT2D eigenvalue weighted by Gasteiger charge is 2.15. The van der Waals surface area contributed by atoms with Gasteiger partial charge in [-0.05, 0) is 58.4 Å². The molecule has 5 nitrogen and oxygen atoms in total. The minimum Gasteiger partial charge on any atom is -0.278 e. The topological polar surface area (TPSA) is 93.8 Å². The Labute approximate surface area is 130 Å². The van der Waals surface area contributed by atoms with E-state index in [1.54, 1.807) is 0 Å². The van der Waals surface area contributed by atoms with Crippen molar-refractivity contribution in [2.24, 2.45) is 0 Å². The lowest BCUT2D eigenvalue weighted by molar-refractivity contribution is 0.601. The maximum atomic E-state index is 12.2. The first-order chi connectivity index (χ1) is 9.96. The third kappa shape index (κ3) is 3.40. The second-order valence-electron chi connectivity index (χ2n) is 4.05. The van der Waals surface area contributed by atoms with Crippen molar-refractivity contribution in [1.82, 2.24) is 0 Å². The van der Waals surface area contributed by atoms with Crippen LogP contribution in [0.2, 0.25) is 0 Å². The predicted octanol–water partition coefficient (Wildman–Crippen LogP) is 2.99. The van der Waals surface area contributed by atoms with Crippen LogP contribution in [-0.4, -0.2) is 8.42 Å². The quantitative estimate of drug-likeness (QED) is 0.908. The van der Waals surface area contributed by atoms with Crippen LogP contribution in [0.4, 0.5) is 5.69 Å². The molecule has 21 heavy (non-hydrogen) atoms. The van der Waals surface area contributed by atoms with Gasteiger partial charge in [-0.3, -0.25) is 4.72 Å². The Morgan fingerprint density at radius 1 is 0.952 bits per heavy atom. The van der Waals surface area contributed by atoms with Crippen LogP contribution in [-0.2, 0) is 10.0 Å². The molecule has 2 aromatic carbocycles. The van der Waals surface area contributed by atoms with Gasteiger partial charge >= 0.3 is 0 Å². The van der Waals surface area contributed by atoms with E-state index in [2.05, 4.69) is 20.7 Å². The van der Waals surface area contributed by atoms with Gasteiger partial charge in [-0.2, -0.15) is 10.5 Å². The van der Waals surface area contributed by atoms with Crippen LogP contribution < -0.4 is 4.72 Å². The average Bonchev–Trinajstić information content (AvgIpc) is 2.49. The van der Waals surface area contributed by atoms with E-state index in [-0.39, 0.29) is 4.90 Å². The highest BCUT2D eigenvalue weighted by Crippen LogP contribution is 2.26. The van der Waals surface area contributed by atoms with Gasteiger partial charge in [0, 0.05) is 4.47 Å². The Balaban J connectivity index is 2.33. The molecule has 0 aliphatic heterocycles. The second kappa shape index (κ2) is 5.96. The fourth-order valence-electron chi connectivity index (χ4n) is 1.58. The molecule has 0 fully saturated rings. The van der Waals surface area contributed by atoms with Crippen LogP contribution in [0.3, 0.4) is 0 Å². The largest absolute Gasteiger partial charge is 0.278 e. The summed E-state index contributed by atoms with van der Waals surface area (Å²) in [6, 6.07) is 14.0.